The van der Waals surface area contributed by atoms with Crippen molar-refractivity contribution in [1.29, 1.82) is 0 Å². The Kier molecular flexibility index (Phi) is 2.14. The van der Waals surface area contributed by atoms with Crippen LogP contribution in [0.15, 0.2) is 22.6 Å². The SMILES string of the molecule is O=Cc1ccc2oc(CBr)nc2c1. The highest BCUT2D eigenvalue weighted by Gasteiger charge is 2.04. The number of benzene rings is 1. The fourth-order valence-corrected chi connectivity index (χ4v) is 1.36. The second-order valence-electron chi connectivity index (χ2n) is 2.59. The quantitative estimate of drug-likeness (QED) is 0.598. The standard InChI is InChI=1S/C9H6BrNO2/c10-4-9-11-7-3-6(5-12)1-2-8(7)13-9/h1-3,5H,4H2. The Hall–Kier alpha value is -1.16. The first-order valence-corrected chi connectivity index (χ1v) is 4.86. The van der Waals surface area contributed by atoms with Gasteiger partial charge in [0.1, 0.15) is 11.8 Å². The Bertz CT molecular complexity index is 450. The molecule has 13 heavy (non-hydrogen) atoms. The van der Waals surface area contributed by atoms with Crippen LogP contribution in [-0.4, -0.2) is 11.3 Å². The van der Waals surface area contributed by atoms with Crippen molar-refractivity contribution in [1.82, 2.24) is 4.98 Å². The van der Waals surface area contributed by atoms with E-state index in [2.05, 4.69) is 20.9 Å². The van der Waals surface area contributed by atoms with Gasteiger partial charge in [0, 0.05) is 5.56 Å². The second kappa shape index (κ2) is 3.30. The molecule has 0 unspecified atom stereocenters. The number of hydrogen-bond acceptors (Lipinski definition) is 3. The van der Waals surface area contributed by atoms with E-state index in [-0.39, 0.29) is 0 Å². The van der Waals surface area contributed by atoms with Gasteiger partial charge in [-0.25, -0.2) is 4.98 Å². The van der Waals surface area contributed by atoms with Gasteiger partial charge in [-0.3, -0.25) is 4.79 Å². The first-order chi connectivity index (χ1) is 6.33. The average molecular weight is 240 g/mol. The highest BCUT2D eigenvalue weighted by Crippen LogP contribution is 2.17. The van der Waals surface area contributed by atoms with Crippen LogP contribution in [0.5, 0.6) is 0 Å². The summed E-state index contributed by atoms with van der Waals surface area (Å²) in [5.41, 5.74) is 2.04. The summed E-state index contributed by atoms with van der Waals surface area (Å²) < 4.78 is 5.34. The predicted octanol–water partition coefficient (Wildman–Crippen LogP) is 2.54. The Morgan fingerprint density at radius 3 is 3.08 bits per heavy atom. The molecule has 0 bridgehead atoms. The van der Waals surface area contributed by atoms with E-state index in [0.717, 1.165) is 11.8 Å². The van der Waals surface area contributed by atoms with E-state index in [4.69, 9.17) is 4.42 Å². The molecule has 2 rings (SSSR count). The normalized spacial score (nSPS) is 10.5. The van der Waals surface area contributed by atoms with E-state index in [1.165, 1.54) is 0 Å². The van der Waals surface area contributed by atoms with Crippen LogP contribution < -0.4 is 0 Å². The molecule has 2 aromatic rings. The average Bonchev–Trinajstić information content (AvgIpc) is 2.58. The predicted molar refractivity (Wildman–Crippen MR) is 52.0 cm³/mol. The minimum atomic E-state index is 0.581. The van der Waals surface area contributed by atoms with Crippen molar-refractivity contribution < 1.29 is 9.21 Å². The van der Waals surface area contributed by atoms with E-state index < -0.39 is 0 Å². The van der Waals surface area contributed by atoms with E-state index in [1.54, 1.807) is 18.2 Å². The van der Waals surface area contributed by atoms with Gasteiger partial charge < -0.3 is 4.42 Å². The van der Waals surface area contributed by atoms with Crippen LogP contribution >= 0.6 is 15.9 Å². The minimum Gasteiger partial charge on any atom is -0.440 e. The monoisotopic (exact) mass is 239 g/mol. The topological polar surface area (TPSA) is 43.1 Å². The number of aromatic nitrogens is 1. The van der Waals surface area contributed by atoms with Crippen LogP contribution in [0.1, 0.15) is 16.2 Å². The highest BCUT2D eigenvalue weighted by molar-refractivity contribution is 9.08. The second-order valence-corrected chi connectivity index (χ2v) is 3.15. The molecule has 0 saturated heterocycles. The zero-order chi connectivity index (χ0) is 9.26. The van der Waals surface area contributed by atoms with Gasteiger partial charge in [0.05, 0.1) is 5.33 Å². The Morgan fingerprint density at radius 1 is 1.54 bits per heavy atom. The highest BCUT2D eigenvalue weighted by atomic mass is 79.9. The third-order valence-corrected chi connectivity index (χ3v) is 2.19. The third-order valence-electron chi connectivity index (χ3n) is 1.71. The van der Waals surface area contributed by atoms with Crippen molar-refractivity contribution in [3.63, 3.8) is 0 Å². The molecule has 0 spiro atoms. The summed E-state index contributed by atoms with van der Waals surface area (Å²) in [6, 6.07) is 5.16. The smallest absolute Gasteiger partial charge is 0.206 e. The van der Waals surface area contributed by atoms with Gasteiger partial charge >= 0.3 is 0 Å². The molecule has 0 fully saturated rings. The van der Waals surface area contributed by atoms with Crippen LogP contribution in [0.4, 0.5) is 0 Å². The molecule has 1 aromatic carbocycles. The van der Waals surface area contributed by atoms with Crippen molar-refractivity contribution in [2.45, 2.75) is 5.33 Å². The molecule has 66 valence electrons. The zero-order valence-corrected chi connectivity index (χ0v) is 8.24. The Morgan fingerprint density at radius 2 is 2.38 bits per heavy atom. The molecule has 0 amide bonds. The Balaban J connectivity index is 2.63. The number of halogens is 1. The maximum atomic E-state index is 10.5. The summed E-state index contributed by atoms with van der Waals surface area (Å²) in [6.07, 6.45) is 0.794. The number of carbonyl (C=O) groups is 1. The number of carbonyl (C=O) groups excluding carboxylic acids is 1. The van der Waals surface area contributed by atoms with Gasteiger partial charge in [-0.05, 0) is 18.2 Å². The van der Waals surface area contributed by atoms with Gasteiger partial charge in [0.2, 0.25) is 5.89 Å². The maximum absolute atomic E-state index is 10.5. The molecule has 3 nitrogen and oxygen atoms in total. The summed E-state index contributed by atoms with van der Waals surface area (Å²) in [4.78, 5) is 14.6. The molecule has 4 heteroatoms. The summed E-state index contributed by atoms with van der Waals surface area (Å²) in [5, 5.41) is 0.581. The fourth-order valence-electron chi connectivity index (χ4n) is 1.12. The van der Waals surface area contributed by atoms with Gasteiger partial charge in [-0.15, -0.1) is 0 Å². The molecule has 0 saturated carbocycles. The van der Waals surface area contributed by atoms with Gasteiger partial charge in [0.25, 0.3) is 0 Å². The summed E-state index contributed by atoms with van der Waals surface area (Å²) in [7, 11) is 0. The molecule has 1 aromatic heterocycles. The molecule has 0 N–H and O–H groups in total. The number of aldehydes is 1. The molecule has 0 radical (unpaired) electrons. The van der Waals surface area contributed by atoms with Crippen LogP contribution in [0.25, 0.3) is 11.1 Å². The van der Waals surface area contributed by atoms with Gasteiger partial charge in [-0.2, -0.15) is 0 Å². The number of alkyl halides is 1. The summed E-state index contributed by atoms with van der Waals surface area (Å²) in [5.74, 6) is 0.623. The number of nitrogens with zero attached hydrogens (tertiary/aromatic N) is 1. The number of oxazole rings is 1. The molecular weight excluding hydrogens is 234 g/mol. The maximum Gasteiger partial charge on any atom is 0.206 e. The van der Waals surface area contributed by atoms with Crippen LogP contribution in [0, 0.1) is 0 Å². The van der Waals surface area contributed by atoms with Crippen molar-refractivity contribution in [3.05, 3.63) is 29.7 Å². The molecule has 0 atom stereocenters. The third kappa shape index (κ3) is 1.49. The fraction of sp³-hybridized carbons (Fsp3) is 0.111. The molecule has 0 aliphatic heterocycles. The van der Waals surface area contributed by atoms with E-state index in [9.17, 15) is 4.79 Å². The number of hydrogen-bond donors (Lipinski definition) is 0. The van der Waals surface area contributed by atoms with Gasteiger partial charge in [0.15, 0.2) is 5.58 Å². The Labute approximate surface area is 82.9 Å². The van der Waals surface area contributed by atoms with Crippen LogP contribution in [-0.2, 0) is 5.33 Å². The van der Waals surface area contributed by atoms with Crippen LogP contribution in [0.2, 0.25) is 0 Å². The van der Waals surface area contributed by atoms with Crippen molar-refractivity contribution in [2.75, 3.05) is 0 Å². The summed E-state index contributed by atoms with van der Waals surface area (Å²) >= 11 is 3.25. The lowest BCUT2D eigenvalue weighted by Gasteiger charge is -1.86. The minimum absolute atomic E-state index is 0.581. The largest absolute Gasteiger partial charge is 0.440 e. The van der Waals surface area contributed by atoms with Crippen molar-refractivity contribution in [2.24, 2.45) is 0 Å². The lowest BCUT2D eigenvalue weighted by atomic mass is 10.2. The lowest BCUT2D eigenvalue weighted by Crippen LogP contribution is -1.78. The molecular formula is C9H6BrNO2. The van der Waals surface area contributed by atoms with E-state index in [1.807, 2.05) is 0 Å². The molecule has 1 heterocycles. The van der Waals surface area contributed by atoms with Crippen LogP contribution in [0.3, 0.4) is 0 Å². The zero-order valence-electron chi connectivity index (χ0n) is 6.66. The number of rotatable bonds is 2. The first-order valence-electron chi connectivity index (χ1n) is 3.74. The van der Waals surface area contributed by atoms with E-state index in [0.29, 0.717) is 22.4 Å². The first kappa shape index (κ1) is 8.44. The van der Waals surface area contributed by atoms with Crippen molar-refractivity contribution >= 4 is 33.3 Å². The lowest BCUT2D eigenvalue weighted by molar-refractivity contribution is 0.112. The summed E-state index contributed by atoms with van der Waals surface area (Å²) in [6.45, 7) is 0. The number of fused-ring (bicyclic) bond motifs is 1. The van der Waals surface area contributed by atoms with Gasteiger partial charge in [-0.1, -0.05) is 15.9 Å². The molecule has 0 aliphatic carbocycles. The van der Waals surface area contributed by atoms with Crippen molar-refractivity contribution in [3.8, 4) is 0 Å². The molecule has 0 aliphatic rings. The van der Waals surface area contributed by atoms with E-state index >= 15 is 0 Å².